The number of nitrogens with zero attached hydrogens (tertiary/aromatic N) is 9. The second-order valence-corrected chi connectivity index (χ2v) is 24.1. The van der Waals surface area contributed by atoms with Gasteiger partial charge in [0.05, 0.1) is 50.9 Å². The third-order valence-electron chi connectivity index (χ3n) is 14.9. The summed E-state index contributed by atoms with van der Waals surface area (Å²) in [7, 11) is 0. The van der Waals surface area contributed by atoms with Gasteiger partial charge in [0.1, 0.15) is 35.3 Å². The largest absolute Gasteiger partial charge is 0.492 e. The lowest BCUT2D eigenvalue weighted by atomic mass is 9.80. The number of ether oxygens (including phenoxy) is 1. The van der Waals surface area contributed by atoms with Gasteiger partial charge in [-0.3, -0.25) is 24.1 Å². The zero-order valence-corrected chi connectivity index (χ0v) is 46.4. The molecule has 410 valence electrons. The molecule has 1 aliphatic carbocycles. The number of alkyl halides is 1. The number of piperidine rings is 1. The molecule has 0 bridgehead atoms. The number of β-amino-alcohol motifs (C(OH)–C–C–N with tert-alkyl or cyclic N) is 1. The minimum Gasteiger partial charge on any atom is -0.492 e. The third-order valence-corrected chi connectivity index (χ3v) is 17.4. The van der Waals surface area contributed by atoms with Gasteiger partial charge in [-0.2, -0.15) is 0 Å². The van der Waals surface area contributed by atoms with Crippen molar-refractivity contribution in [2.45, 2.75) is 107 Å². The number of aromatic nitrogens is 5. The van der Waals surface area contributed by atoms with E-state index in [2.05, 4.69) is 62.5 Å². The SMILES string of the molecule is Cc1ncsc1-c1ccc(CNC(=O)[C@@H]2C[C@@H](O)CN2C(=O)[C@@H](NC(=O)C2(F)CC2)C(C)(C)C)c(OCCN2CCN(c3ncc(C(=O)Nc4cccc(Sc5cnc(N6CCC(C)(CN)CC6)cn5)c4Cl)cn3)CC2)c1. The van der Waals surface area contributed by atoms with E-state index in [4.69, 9.17) is 22.1 Å². The molecule has 0 radical (unpaired) electrons. The van der Waals surface area contributed by atoms with E-state index >= 15 is 0 Å². The number of amides is 4. The molecule has 3 saturated heterocycles. The van der Waals surface area contributed by atoms with Gasteiger partial charge in [-0.25, -0.2) is 29.3 Å². The van der Waals surface area contributed by atoms with Gasteiger partial charge in [-0.15, -0.1) is 11.3 Å². The molecule has 23 heteroatoms. The first-order valence-corrected chi connectivity index (χ1v) is 28.1. The van der Waals surface area contributed by atoms with E-state index in [0.29, 0.717) is 78.9 Å². The Labute approximate surface area is 461 Å². The maximum atomic E-state index is 14.7. The molecule has 3 atom stereocenters. The summed E-state index contributed by atoms with van der Waals surface area (Å²) in [5.41, 5.74) is 8.41. The zero-order chi connectivity index (χ0) is 54.6. The molecule has 0 unspecified atom stereocenters. The first kappa shape index (κ1) is 55.7. The first-order chi connectivity index (χ1) is 36.8. The summed E-state index contributed by atoms with van der Waals surface area (Å²) < 4.78 is 21.2. The maximum Gasteiger partial charge on any atom is 0.258 e. The molecule has 77 heavy (non-hydrogen) atoms. The fourth-order valence-electron chi connectivity index (χ4n) is 9.63. The number of hydrogen-bond acceptors (Lipinski definition) is 17. The van der Waals surface area contributed by atoms with Crippen molar-refractivity contribution in [3.8, 4) is 16.2 Å². The molecular weight excluding hydrogens is 1050 g/mol. The minimum absolute atomic E-state index is 0.0134. The number of halogens is 2. The number of aliphatic hydroxyl groups is 1. The lowest BCUT2D eigenvalue weighted by Gasteiger charge is -2.39. The number of thiazole rings is 1. The van der Waals surface area contributed by atoms with Crippen molar-refractivity contribution in [3.05, 3.63) is 88.5 Å². The zero-order valence-electron chi connectivity index (χ0n) is 44.1. The highest BCUT2D eigenvalue weighted by Gasteiger charge is 2.53. The summed E-state index contributed by atoms with van der Waals surface area (Å²) in [4.78, 5) is 86.5. The van der Waals surface area contributed by atoms with E-state index < -0.39 is 52.9 Å². The molecular formula is C54H67ClFN13O6S2. The number of carbonyl (C=O) groups excluding carboxylic acids is 4. The number of carbonyl (C=O) groups is 4. The molecule has 2 aromatic carbocycles. The van der Waals surface area contributed by atoms with E-state index in [9.17, 15) is 28.7 Å². The highest BCUT2D eigenvalue weighted by atomic mass is 35.5. The van der Waals surface area contributed by atoms with E-state index in [0.717, 1.165) is 52.8 Å². The topological polar surface area (TPSA) is 237 Å². The minimum atomic E-state index is -1.98. The predicted octanol–water partition coefficient (Wildman–Crippen LogP) is 6.13. The van der Waals surface area contributed by atoms with Crippen molar-refractivity contribution in [2.24, 2.45) is 16.6 Å². The van der Waals surface area contributed by atoms with Crippen molar-refractivity contribution in [3.63, 3.8) is 0 Å². The van der Waals surface area contributed by atoms with Crippen LogP contribution in [0.25, 0.3) is 10.4 Å². The van der Waals surface area contributed by atoms with Crippen LogP contribution in [0.1, 0.15) is 81.4 Å². The second-order valence-electron chi connectivity index (χ2n) is 21.8. The maximum absolute atomic E-state index is 14.7. The Balaban J connectivity index is 0.761. The van der Waals surface area contributed by atoms with E-state index in [-0.39, 0.29) is 43.3 Å². The summed E-state index contributed by atoms with van der Waals surface area (Å²) in [6.07, 6.45) is 7.82. The summed E-state index contributed by atoms with van der Waals surface area (Å²) >= 11 is 9.70. The van der Waals surface area contributed by atoms with Crippen LogP contribution in [0.5, 0.6) is 5.75 Å². The van der Waals surface area contributed by atoms with Gasteiger partial charge in [-0.05, 0) is 73.7 Å². The lowest BCUT2D eigenvalue weighted by molar-refractivity contribution is -0.145. The number of anilines is 3. The van der Waals surface area contributed by atoms with Crippen LogP contribution in [-0.2, 0) is 20.9 Å². The Hall–Kier alpha value is -6.04. The van der Waals surface area contributed by atoms with Crippen molar-refractivity contribution >= 4 is 75.8 Å². The quantitative estimate of drug-likeness (QED) is 0.0663. The predicted molar refractivity (Wildman–Crippen MR) is 295 cm³/mol. The Morgan fingerprint density at radius 2 is 1.70 bits per heavy atom. The number of benzene rings is 2. The van der Waals surface area contributed by atoms with E-state index in [1.807, 2.05) is 37.3 Å². The molecule has 4 fully saturated rings. The van der Waals surface area contributed by atoms with Crippen LogP contribution in [0.2, 0.25) is 5.02 Å². The monoisotopic (exact) mass is 1110 g/mol. The van der Waals surface area contributed by atoms with Crippen LogP contribution in [0.3, 0.4) is 0 Å². The number of nitrogens with one attached hydrogen (secondary N) is 3. The van der Waals surface area contributed by atoms with E-state index in [1.54, 1.807) is 44.7 Å². The molecule has 5 aromatic rings. The number of nitrogens with two attached hydrogens (primary N) is 1. The van der Waals surface area contributed by atoms with Gasteiger partial charge in [0.25, 0.3) is 11.8 Å². The molecule has 4 amide bonds. The number of aryl methyl sites for hydroxylation is 1. The summed E-state index contributed by atoms with van der Waals surface area (Å²) in [6, 6.07) is 9.12. The van der Waals surface area contributed by atoms with Crippen LogP contribution >= 0.6 is 34.7 Å². The van der Waals surface area contributed by atoms with Crippen LogP contribution < -0.4 is 36.2 Å². The number of hydrogen-bond donors (Lipinski definition) is 5. The average Bonchev–Trinajstić information content (AvgIpc) is 3.86. The van der Waals surface area contributed by atoms with Gasteiger partial charge < -0.3 is 46.2 Å². The third kappa shape index (κ3) is 13.3. The summed E-state index contributed by atoms with van der Waals surface area (Å²) in [5, 5.41) is 20.2. The van der Waals surface area contributed by atoms with E-state index in [1.165, 1.54) is 40.4 Å². The first-order valence-electron chi connectivity index (χ1n) is 26.1. The summed E-state index contributed by atoms with van der Waals surface area (Å²) in [6.45, 7) is 15.6. The van der Waals surface area contributed by atoms with Crippen LogP contribution in [-0.4, -0.2) is 153 Å². The molecule has 19 nitrogen and oxygen atoms in total. The highest BCUT2D eigenvalue weighted by Crippen LogP contribution is 2.41. The van der Waals surface area contributed by atoms with Crippen molar-refractivity contribution in [2.75, 3.05) is 80.6 Å². The van der Waals surface area contributed by atoms with Gasteiger partial charge in [0.15, 0.2) is 5.67 Å². The van der Waals surface area contributed by atoms with Gasteiger partial charge >= 0.3 is 0 Å². The number of likely N-dealkylation sites (tertiary alicyclic amines) is 1. The van der Waals surface area contributed by atoms with Crippen molar-refractivity contribution < 1.29 is 33.4 Å². The Bertz CT molecular complexity index is 2930. The Kier molecular flexibility index (Phi) is 17.0. The fraction of sp³-hybridized carbons (Fsp3) is 0.500. The standard InChI is InChI=1S/C54H67ClFN13O6S2/c1-33-45(76-32-63-33)34-9-10-35(25-60-48(72)39-24-37(70)30-69(39)49(73)46(52(2,3)4)65-50(74)54(56)11-12-54)40(23-34)75-22-21-66-17-19-68(20-18-66)51-61-26-36(27-62-51)47(71)64-38-7-6-8-41(44(38)55)77-43-29-58-42(28-59-43)67-15-13-53(5,31-57)14-16-67/h6-10,23,26-29,32,37,39,46,70H,11-22,24-25,30-31,57H2,1-5H3,(H,60,72)(H,64,71)(H,65,74)/t37-,39+,46-/m1/s1. The van der Waals surface area contributed by atoms with Crippen LogP contribution in [0.4, 0.5) is 21.8 Å². The molecule has 1 saturated carbocycles. The highest BCUT2D eigenvalue weighted by molar-refractivity contribution is 7.99. The smallest absolute Gasteiger partial charge is 0.258 e. The fourth-order valence-corrected chi connectivity index (χ4v) is 11.5. The number of piperazine rings is 1. The second kappa shape index (κ2) is 23.5. The molecule has 3 aliphatic heterocycles. The normalized spacial score (nSPS) is 19.6. The van der Waals surface area contributed by atoms with Crippen molar-refractivity contribution in [1.29, 1.82) is 0 Å². The number of rotatable bonds is 18. The molecule has 6 heterocycles. The van der Waals surface area contributed by atoms with Gasteiger partial charge in [-0.1, -0.05) is 69.3 Å². The Morgan fingerprint density at radius 1 is 0.961 bits per heavy atom. The average molecular weight is 1110 g/mol. The lowest BCUT2D eigenvalue weighted by Crippen LogP contribution is -2.59. The van der Waals surface area contributed by atoms with Crippen LogP contribution in [0, 0.1) is 17.8 Å². The number of aliphatic hydroxyl groups excluding tert-OH is 1. The van der Waals surface area contributed by atoms with Crippen LogP contribution in [0.15, 0.2) is 76.6 Å². The van der Waals surface area contributed by atoms with Gasteiger partial charge in [0.2, 0.25) is 17.8 Å². The molecule has 6 N–H and O–H groups in total. The molecule has 4 aliphatic rings. The molecule has 0 spiro atoms. The van der Waals surface area contributed by atoms with Gasteiger partial charge in [0, 0.05) is 88.2 Å². The Morgan fingerprint density at radius 3 is 2.35 bits per heavy atom. The molecule has 3 aromatic heterocycles. The summed E-state index contributed by atoms with van der Waals surface area (Å²) in [5.74, 6) is -0.322. The molecule has 9 rings (SSSR count). The van der Waals surface area contributed by atoms with Crippen molar-refractivity contribution in [1.82, 2.24) is 45.4 Å².